The molecule has 1 aromatic heterocycles. The molecule has 0 bridgehead atoms. The lowest BCUT2D eigenvalue weighted by Crippen LogP contribution is -2.14. The highest BCUT2D eigenvalue weighted by molar-refractivity contribution is 7.18. The van der Waals surface area contributed by atoms with Crippen molar-refractivity contribution in [3.05, 3.63) is 62.2 Å². The van der Waals surface area contributed by atoms with Crippen LogP contribution >= 0.6 is 11.3 Å². The van der Waals surface area contributed by atoms with E-state index in [1.54, 1.807) is 18.2 Å². The van der Waals surface area contributed by atoms with Gasteiger partial charge in [-0.1, -0.05) is 11.3 Å². The van der Waals surface area contributed by atoms with E-state index in [9.17, 15) is 25.0 Å². The fourth-order valence-corrected chi connectivity index (χ4v) is 3.27. The number of nitro groups is 2. The third kappa shape index (κ3) is 4.15. The fourth-order valence-electron chi connectivity index (χ4n) is 2.50. The van der Waals surface area contributed by atoms with Crippen LogP contribution in [0.3, 0.4) is 0 Å². The van der Waals surface area contributed by atoms with Crippen molar-refractivity contribution < 1.29 is 24.1 Å². The number of anilines is 1. The summed E-state index contributed by atoms with van der Waals surface area (Å²) < 4.78 is 10.5. The van der Waals surface area contributed by atoms with Crippen LogP contribution in [0.2, 0.25) is 0 Å². The van der Waals surface area contributed by atoms with Crippen LogP contribution in [0.25, 0.3) is 10.6 Å². The average Bonchev–Trinajstić information content (AvgIpc) is 3.20. The molecule has 0 fully saturated rings. The van der Waals surface area contributed by atoms with E-state index in [0.717, 1.165) is 29.5 Å². The highest BCUT2D eigenvalue weighted by atomic mass is 32.1. The number of non-ortho nitro benzene ring substituents is 1. The predicted molar refractivity (Wildman–Crippen MR) is 106 cm³/mol. The molecule has 3 aromatic rings. The second kappa shape index (κ2) is 8.48. The van der Waals surface area contributed by atoms with Crippen LogP contribution in [-0.2, 0) is 0 Å². The number of nitrogens with one attached hydrogen (secondary N) is 1. The molecule has 1 amide bonds. The molecule has 0 unspecified atom stereocenters. The van der Waals surface area contributed by atoms with Gasteiger partial charge in [0.2, 0.25) is 5.13 Å². The Balaban J connectivity index is 1.87. The van der Waals surface area contributed by atoms with Gasteiger partial charge in [-0.05, 0) is 18.2 Å². The molecule has 0 aliphatic rings. The molecule has 0 radical (unpaired) electrons. The molecule has 154 valence electrons. The maximum absolute atomic E-state index is 12.5. The van der Waals surface area contributed by atoms with Crippen LogP contribution in [0, 0.1) is 20.2 Å². The van der Waals surface area contributed by atoms with E-state index < -0.39 is 27.1 Å². The van der Waals surface area contributed by atoms with E-state index in [4.69, 9.17) is 9.47 Å². The van der Waals surface area contributed by atoms with Crippen molar-refractivity contribution in [3.8, 4) is 22.1 Å². The van der Waals surface area contributed by atoms with Gasteiger partial charge in [-0.3, -0.25) is 30.3 Å². The van der Waals surface area contributed by atoms with Crippen LogP contribution in [0.15, 0.2) is 36.4 Å². The monoisotopic (exact) mass is 431 g/mol. The largest absolute Gasteiger partial charge is 0.497 e. The topological polar surface area (TPSA) is 160 Å². The standard InChI is InChI=1S/C17H13N5O7S/c1-28-10-4-6-12(14(8-10)29-2)16-19-20-17(30-16)18-15(23)11-5-3-9(21(24)25)7-13(11)22(26)27/h3-8H,1-2H3,(H,18,20,23). The Bertz CT molecular complexity index is 1150. The van der Waals surface area contributed by atoms with Gasteiger partial charge in [0.25, 0.3) is 17.3 Å². The summed E-state index contributed by atoms with van der Waals surface area (Å²) in [5.74, 6) is 0.217. The van der Waals surface area contributed by atoms with Crippen molar-refractivity contribution in [1.82, 2.24) is 10.2 Å². The van der Waals surface area contributed by atoms with Crippen LogP contribution < -0.4 is 14.8 Å². The Hall–Kier alpha value is -4.13. The minimum Gasteiger partial charge on any atom is -0.497 e. The third-order valence-corrected chi connectivity index (χ3v) is 4.79. The smallest absolute Gasteiger partial charge is 0.289 e. The average molecular weight is 431 g/mol. The molecule has 0 aliphatic carbocycles. The normalized spacial score (nSPS) is 10.3. The number of benzene rings is 2. The second-order valence-corrected chi connectivity index (χ2v) is 6.63. The Morgan fingerprint density at radius 2 is 1.80 bits per heavy atom. The van der Waals surface area contributed by atoms with Crippen molar-refractivity contribution in [3.63, 3.8) is 0 Å². The maximum atomic E-state index is 12.5. The lowest BCUT2D eigenvalue weighted by Gasteiger charge is -2.07. The minimum atomic E-state index is -0.865. The number of carbonyl (C=O) groups excluding carboxylic acids is 1. The van der Waals surface area contributed by atoms with Gasteiger partial charge in [0.05, 0.1) is 35.7 Å². The van der Waals surface area contributed by atoms with Crippen molar-refractivity contribution in [1.29, 1.82) is 0 Å². The number of hydrogen-bond donors (Lipinski definition) is 1. The SMILES string of the molecule is COc1ccc(-c2nnc(NC(=O)c3ccc([N+](=O)[O-])cc3[N+](=O)[O-])s2)c(OC)c1. The summed E-state index contributed by atoms with van der Waals surface area (Å²) in [5, 5.41) is 32.9. The zero-order valence-corrected chi connectivity index (χ0v) is 16.3. The molecule has 1 N–H and O–H groups in total. The van der Waals surface area contributed by atoms with Gasteiger partial charge >= 0.3 is 0 Å². The van der Waals surface area contributed by atoms with Gasteiger partial charge < -0.3 is 9.47 Å². The van der Waals surface area contributed by atoms with Gasteiger partial charge in [-0.2, -0.15) is 0 Å². The van der Waals surface area contributed by atoms with Crippen molar-refractivity contribution in [2.75, 3.05) is 19.5 Å². The first-order chi connectivity index (χ1) is 14.3. The van der Waals surface area contributed by atoms with Gasteiger partial charge in [0, 0.05) is 12.1 Å². The molecule has 0 saturated heterocycles. The minimum absolute atomic E-state index is 0.0838. The lowest BCUT2D eigenvalue weighted by molar-refractivity contribution is -0.394. The first-order valence-electron chi connectivity index (χ1n) is 8.14. The molecule has 0 aliphatic heterocycles. The molecule has 3 rings (SSSR count). The quantitative estimate of drug-likeness (QED) is 0.437. The van der Waals surface area contributed by atoms with Crippen molar-refractivity contribution in [2.45, 2.75) is 0 Å². The first-order valence-corrected chi connectivity index (χ1v) is 8.95. The molecule has 2 aromatic carbocycles. The molecule has 0 spiro atoms. The summed E-state index contributed by atoms with van der Waals surface area (Å²) in [6, 6.07) is 7.83. The Morgan fingerprint density at radius 3 is 2.43 bits per heavy atom. The zero-order chi connectivity index (χ0) is 21.8. The molecule has 0 atom stereocenters. The lowest BCUT2D eigenvalue weighted by atomic mass is 10.1. The summed E-state index contributed by atoms with van der Waals surface area (Å²) in [5.41, 5.74) is -0.923. The second-order valence-electron chi connectivity index (χ2n) is 5.65. The number of hydrogen-bond acceptors (Lipinski definition) is 10. The molecular weight excluding hydrogens is 418 g/mol. The third-order valence-electron chi connectivity index (χ3n) is 3.92. The molecule has 13 heteroatoms. The van der Waals surface area contributed by atoms with E-state index in [-0.39, 0.29) is 10.7 Å². The fraction of sp³-hybridized carbons (Fsp3) is 0.118. The predicted octanol–water partition coefficient (Wildman–Crippen LogP) is 3.29. The van der Waals surface area contributed by atoms with E-state index in [2.05, 4.69) is 15.5 Å². The van der Waals surface area contributed by atoms with Crippen molar-refractivity contribution >= 4 is 33.8 Å². The van der Waals surface area contributed by atoms with Crippen LogP contribution in [0.1, 0.15) is 10.4 Å². The number of carbonyl (C=O) groups is 1. The van der Waals surface area contributed by atoms with E-state index in [0.29, 0.717) is 22.1 Å². The first kappa shape index (κ1) is 20.6. The van der Waals surface area contributed by atoms with Crippen LogP contribution in [0.4, 0.5) is 16.5 Å². The Labute approximate surface area is 172 Å². The van der Waals surface area contributed by atoms with E-state index in [1.165, 1.54) is 14.2 Å². The highest BCUT2D eigenvalue weighted by Crippen LogP contribution is 2.36. The summed E-state index contributed by atoms with van der Waals surface area (Å²) in [6.07, 6.45) is 0. The number of aromatic nitrogens is 2. The molecule has 30 heavy (non-hydrogen) atoms. The van der Waals surface area contributed by atoms with E-state index in [1.807, 2.05) is 0 Å². The van der Waals surface area contributed by atoms with Crippen LogP contribution in [-0.4, -0.2) is 40.2 Å². The Morgan fingerprint density at radius 1 is 1.03 bits per heavy atom. The maximum Gasteiger partial charge on any atom is 0.289 e. The van der Waals surface area contributed by atoms with Crippen LogP contribution in [0.5, 0.6) is 11.5 Å². The number of ether oxygens (including phenoxy) is 2. The molecular formula is C17H13N5O7S. The summed E-state index contributed by atoms with van der Waals surface area (Å²) in [4.78, 5) is 32.9. The zero-order valence-electron chi connectivity index (χ0n) is 15.5. The molecule has 12 nitrogen and oxygen atoms in total. The van der Waals surface area contributed by atoms with E-state index >= 15 is 0 Å². The van der Waals surface area contributed by atoms with Gasteiger partial charge in [-0.25, -0.2) is 0 Å². The summed E-state index contributed by atoms with van der Waals surface area (Å²) in [7, 11) is 3.00. The van der Waals surface area contributed by atoms with Gasteiger partial charge in [0.15, 0.2) is 5.01 Å². The molecule has 1 heterocycles. The van der Waals surface area contributed by atoms with Crippen molar-refractivity contribution in [2.24, 2.45) is 0 Å². The number of nitrogens with zero attached hydrogens (tertiary/aromatic N) is 4. The highest BCUT2D eigenvalue weighted by Gasteiger charge is 2.25. The summed E-state index contributed by atoms with van der Waals surface area (Å²) in [6.45, 7) is 0. The summed E-state index contributed by atoms with van der Waals surface area (Å²) >= 11 is 1.02. The van der Waals surface area contributed by atoms with Gasteiger partial charge in [0.1, 0.15) is 17.1 Å². The number of methoxy groups -OCH3 is 2. The number of nitro benzene ring substituents is 2. The molecule has 0 saturated carbocycles. The Kier molecular flexibility index (Phi) is 5.83. The van der Waals surface area contributed by atoms with Gasteiger partial charge in [-0.15, -0.1) is 10.2 Å². The number of amides is 1. The number of rotatable bonds is 7.